The molecule has 1 nitrogen and oxygen atoms in total. The molecule has 0 N–H and O–H groups in total. The molecule has 1 heterocycles. The largest absolute Gasteiger partial charge is 0.459 e. The summed E-state index contributed by atoms with van der Waals surface area (Å²) in [5.41, 5.74) is 0.647. The van der Waals surface area contributed by atoms with Crippen molar-refractivity contribution in [3.63, 3.8) is 0 Å². The van der Waals surface area contributed by atoms with Gasteiger partial charge in [-0.25, -0.2) is 0 Å². The average molecular weight is 186 g/mol. The summed E-state index contributed by atoms with van der Waals surface area (Å²) in [7, 11) is 0. The summed E-state index contributed by atoms with van der Waals surface area (Å²) in [6, 6.07) is 6.07. The van der Waals surface area contributed by atoms with Gasteiger partial charge in [-0.15, -0.1) is 0 Å². The normalized spacial score (nSPS) is 12.2. The number of halogens is 3. The van der Waals surface area contributed by atoms with Gasteiger partial charge in [0, 0.05) is 5.56 Å². The third kappa shape index (κ3) is 1.28. The molecule has 0 aromatic carbocycles. The third-order valence-electron chi connectivity index (χ3n) is 1.79. The van der Waals surface area contributed by atoms with Crippen molar-refractivity contribution in [2.45, 2.75) is 6.18 Å². The van der Waals surface area contributed by atoms with Crippen LogP contribution in [-0.4, -0.2) is 0 Å². The minimum absolute atomic E-state index is 0.106. The minimum atomic E-state index is -4.42. The van der Waals surface area contributed by atoms with Gasteiger partial charge >= 0.3 is 6.18 Å². The predicted molar refractivity (Wildman–Crippen MR) is 40.3 cm³/mol. The zero-order valence-corrected chi connectivity index (χ0v) is 6.43. The van der Waals surface area contributed by atoms with E-state index in [0.29, 0.717) is 5.56 Å². The van der Waals surface area contributed by atoms with E-state index in [1.807, 2.05) is 0 Å². The molecule has 1 aliphatic carbocycles. The molecule has 0 saturated carbocycles. The van der Waals surface area contributed by atoms with Crippen molar-refractivity contribution in [2.75, 3.05) is 0 Å². The number of hydrogen-bond donors (Lipinski definition) is 0. The number of fused-ring (bicyclic) bond motifs is 1. The Hall–Kier alpha value is -1.45. The van der Waals surface area contributed by atoms with Crippen LogP contribution in [0.15, 0.2) is 34.9 Å². The number of hydrogen-bond acceptors (Lipinski definition) is 1. The van der Waals surface area contributed by atoms with Crippen LogP contribution in [-0.2, 0) is 6.18 Å². The summed E-state index contributed by atoms with van der Waals surface area (Å²) in [6.07, 6.45) is -3.38. The van der Waals surface area contributed by atoms with E-state index in [1.165, 1.54) is 12.1 Å². The quantitative estimate of drug-likeness (QED) is 0.614. The Morgan fingerprint density at radius 2 is 1.85 bits per heavy atom. The molecule has 0 spiro atoms. The standard InChI is InChI=1S/C9H5F3O/c10-9(11,12)8-7-3-1-2-6(7)4-5-13-8/h1-5H. The van der Waals surface area contributed by atoms with Crippen LogP contribution in [0.25, 0.3) is 11.1 Å². The lowest BCUT2D eigenvalue weighted by molar-refractivity contribution is -0.153. The van der Waals surface area contributed by atoms with Crippen molar-refractivity contribution >= 4 is 0 Å². The van der Waals surface area contributed by atoms with Gasteiger partial charge in [-0.05, 0) is 11.6 Å². The van der Waals surface area contributed by atoms with E-state index in [4.69, 9.17) is 0 Å². The van der Waals surface area contributed by atoms with Crippen LogP contribution in [0.2, 0.25) is 0 Å². The van der Waals surface area contributed by atoms with Gasteiger partial charge in [0.25, 0.3) is 0 Å². The highest BCUT2D eigenvalue weighted by Gasteiger charge is 2.37. The molecule has 0 unspecified atom stereocenters. The van der Waals surface area contributed by atoms with Crippen LogP contribution in [0, 0.1) is 0 Å². The first kappa shape index (κ1) is 8.16. The monoisotopic (exact) mass is 186 g/mol. The lowest BCUT2D eigenvalue weighted by Crippen LogP contribution is -2.06. The van der Waals surface area contributed by atoms with E-state index in [9.17, 15) is 13.2 Å². The first-order valence-corrected chi connectivity index (χ1v) is 3.62. The molecule has 2 aliphatic rings. The Labute approximate surface area is 72.1 Å². The topological polar surface area (TPSA) is 13.1 Å². The van der Waals surface area contributed by atoms with E-state index >= 15 is 0 Å². The smallest absolute Gasteiger partial charge is 0.450 e. The van der Waals surface area contributed by atoms with Crippen LogP contribution >= 0.6 is 0 Å². The Balaban J connectivity index is 2.65. The lowest BCUT2D eigenvalue weighted by atomic mass is 10.1. The Bertz CT molecular complexity index is 388. The molecule has 0 fully saturated rings. The van der Waals surface area contributed by atoms with E-state index in [0.717, 1.165) is 6.26 Å². The summed E-state index contributed by atoms with van der Waals surface area (Å²) >= 11 is 0. The molecule has 0 atom stereocenters. The van der Waals surface area contributed by atoms with Gasteiger partial charge in [0.05, 0.1) is 6.26 Å². The Kier molecular flexibility index (Phi) is 1.58. The van der Waals surface area contributed by atoms with Crippen LogP contribution in [0.1, 0.15) is 5.76 Å². The number of alkyl halides is 3. The summed E-state index contributed by atoms with van der Waals surface area (Å²) in [5.74, 6) is -0.935. The van der Waals surface area contributed by atoms with Crippen LogP contribution in [0.5, 0.6) is 0 Å². The van der Waals surface area contributed by atoms with Crippen molar-refractivity contribution in [2.24, 2.45) is 0 Å². The van der Waals surface area contributed by atoms with Crippen LogP contribution < -0.4 is 0 Å². The molecule has 4 heteroatoms. The average Bonchev–Trinajstić information content (AvgIpc) is 2.48. The summed E-state index contributed by atoms with van der Waals surface area (Å²) < 4.78 is 41.3. The highest BCUT2D eigenvalue weighted by molar-refractivity contribution is 5.68. The van der Waals surface area contributed by atoms with Gasteiger partial charge in [-0.2, -0.15) is 13.2 Å². The van der Waals surface area contributed by atoms with Crippen molar-refractivity contribution in [3.05, 3.63) is 36.3 Å². The lowest BCUT2D eigenvalue weighted by Gasteiger charge is -2.09. The molecule has 0 amide bonds. The van der Waals surface area contributed by atoms with Gasteiger partial charge < -0.3 is 4.42 Å². The first-order chi connectivity index (χ1) is 6.09. The fourth-order valence-corrected chi connectivity index (χ4v) is 1.24. The fourth-order valence-electron chi connectivity index (χ4n) is 1.24. The Morgan fingerprint density at radius 1 is 1.08 bits per heavy atom. The minimum Gasteiger partial charge on any atom is -0.459 e. The predicted octanol–water partition coefficient (Wildman–Crippen LogP) is 3.40. The molecule has 0 radical (unpaired) electrons. The van der Waals surface area contributed by atoms with Crippen molar-refractivity contribution < 1.29 is 17.6 Å². The summed E-state index contributed by atoms with van der Waals surface area (Å²) in [5, 5.41) is 0. The van der Waals surface area contributed by atoms with Crippen LogP contribution in [0.3, 0.4) is 0 Å². The molecule has 0 saturated heterocycles. The number of rotatable bonds is 0. The molecule has 13 heavy (non-hydrogen) atoms. The maximum atomic E-state index is 12.3. The molecular formula is C9H5F3O. The molecular weight excluding hydrogens is 181 g/mol. The molecule has 0 aromatic rings. The van der Waals surface area contributed by atoms with E-state index in [-0.39, 0.29) is 5.56 Å². The van der Waals surface area contributed by atoms with Gasteiger partial charge in [0.15, 0.2) is 0 Å². The second-order valence-corrected chi connectivity index (χ2v) is 2.64. The summed E-state index contributed by atoms with van der Waals surface area (Å²) in [4.78, 5) is 0. The van der Waals surface area contributed by atoms with Gasteiger partial charge in [0.2, 0.25) is 5.76 Å². The van der Waals surface area contributed by atoms with Gasteiger partial charge in [-0.3, -0.25) is 0 Å². The molecule has 68 valence electrons. The third-order valence-corrected chi connectivity index (χ3v) is 1.79. The molecule has 0 aromatic heterocycles. The van der Waals surface area contributed by atoms with Gasteiger partial charge in [0.1, 0.15) is 0 Å². The van der Waals surface area contributed by atoms with E-state index in [1.54, 1.807) is 12.1 Å². The summed E-state index contributed by atoms with van der Waals surface area (Å²) in [6.45, 7) is 0. The highest BCUT2D eigenvalue weighted by atomic mass is 19.4. The van der Waals surface area contributed by atoms with E-state index < -0.39 is 11.9 Å². The second kappa shape index (κ2) is 2.52. The molecule has 1 aliphatic heterocycles. The van der Waals surface area contributed by atoms with E-state index in [2.05, 4.69) is 4.42 Å². The zero-order valence-electron chi connectivity index (χ0n) is 6.43. The second-order valence-electron chi connectivity index (χ2n) is 2.64. The maximum Gasteiger partial charge on any atom is 0.450 e. The molecule has 0 bridgehead atoms. The Morgan fingerprint density at radius 3 is 2.54 bits per heavy atom. The van der Waals surface area contributed by atoms with Crippen LogP contribution in [0.4, 0.5) is 13.2 Å². The maximum absolute atomic E-state index is 12.3. The van der Waals surface area contributed by atoms with Crippen molar-refractivity contribution in [1.82, 2.24) is 0 Å². The van der Waals surface area contributed by atoms with Crippen molar-refractivity contribution in [3.8, 4) is 11.1 Å². The highest BCUT2D eigenvalue weighted by Crippen LogP contribution is 2.38. The van der Waals surface area contributed by atoms with Crippen molar-refractivity contribution in [1.29, 1.82) is 0 Å². The SMILES string of the molecule is FC(F)(F)c1occc2cccc1-2. The first-order valence-electron chi connectivity index (χ1n) is 3.62. The fraction of sp³-hybridized carbons (Fsp3) is 0.111. The zero-order chi connectivity index (χ0) is 9.47. The molecule has 2 rings (SSSR count). The van der Waals surface area contributed by atoms with Gasteiger partial charge in [-0.1, -0.05) is 18.2 Å².